The fourth-order valence-electron chi connectivity index (χ4n) is 1.19. The number of aliphatic hydroxyl groups excluding tert-OH is 1. The fraction of sp³-hybridized carbons (Fsp3) is 0.333. The van der Waals surface area contributed by atoms with Crippen LogP contribution in [0.2, 0.25) is 0 Å². The zero-order valence-corrected chi connectivity index (χ0v) is 8.03. The highest BCUT2D eigenvalue weighted by Gasteiger charge is 1.89. The quantitative estimate of drug-likeness (QED) is 0.699. The number of aryl methyl sites for hydroxylation is 1. The Balaban J connectivity index is 2.36. The van der Waals surface area contributed by atoms with Crippen LogP contribution in [0.15, 0.2) is 42.0 Å². The Morgan fingerprint density at radius 2 is 2.00 bits per heavy atom. The summed E-state index contributed by atoms with van der Waals surface area (Å²) in [5.74, 6) is 0. The number of benzene rings is 1. The van der Waals surface area contributed by atoms with Gasteiger partial charge in [-0.05, 0) is 25.3 Å². The average Bonchev–Trinajstić information content (AvgIpc) is 2.19. The van der Waals surface area contributed by atoms with Gasteiger partial charge >= 0.3 is 0 Å². The van der Waals surface area contributed by atoms with Crippen LogP contribution in [0.5, 0.6) is 0 Å². The average molecular weight is 176 g/mol. The standard InChI is InChI=1S/C12H16O/c1-11(10-13)6-5-9-12-7-3-2-4-8-12/h2-4,6-8,13H,5,9-10H2,1H3/b11-6-. The summed E-state index contributed by atoms with van der Waals surface area (Å²) in [6.07, 6.45) is 4.15. The van der Waals surface area contributed by atoms with Gasteiger partial charge < -0.3 is 5.11 Å². The van der Waals surface area contributed by atoms with Crippen molar-refractivity contribution < 1.29 is 5.11 Å². The van der Waals surface area contributed by atoms with Gasteiger partial charge in [0.2, 0.25) is 0 Å². The van der Waals surface area contributed by atoms with Gasteiger partial charge in [0.25, 0.3) is 0 Å². The molecule has 0 aliphatic rings. The van der Waals surface area contributed by atoms with Crippen LogP contribution in [-0.4, -0.2) is 11.7 Å². The highest BCUT2D eigenvalue weighted by molar-refractivity contribution is 5.15. The van der Waals surface area contributed by atoms with Crippen molar-refractivity contribution in [3.8, 4) is 0 Å². The van der Waals surface area contributed by atoms with Gasteiger partial charge in [-0.25, -0.2) is 0 Å². The van der Waals surface area contributed by atoms with Crippen molar-refractivity contribution in [1.29, 1.82) is 0 Å². The van der Waals surface area contributed by atoms with E-state index in [2.05, 4.69) is 30.3 Å². The minimum Gasteiger partial charge on any atom is -0.392 e. The largest absolute Gasteiger partial charge is 0.392 e. The van der Waals surface area contributed by atoms with E-state index in [9.17, 15) is 0 Å². The summed E-state index contributed by atoms with van der Waals surface area (Å²) in [5, 5.41) is 8.76. The van der Waals surface area contributed by atoms with Crippen LogP contribution in [0.25, 0.3) is 0 Å². The van der Waals surface area contributed by atoms with Gasteiger partial charge in [0.05, 0.1) is 6.61 Å². The molecule has 1 heteroatoms. The second kappa shape index (κ2) is 5.55. The van der Waals surface area contributed by atoms with Crippen LogP contribution in [0, 0.1) is 0 Å². The second-order valence-corrected chi connectivity index (χ2v) is 3.23. The Morgan fingerprint density at radius 3 is 2.62 bits per heavy atom. The SMILES string of the molecule is C/C(=C/CCc1ccccc1)CO. The number of allylic oxidation sites excluding steroid dienone is 1. The van der Waals surface area contributed by atoms with Gasteiger partial charge in [0, 0.05) is 0 Å². The van der Waals surface area contributed by atoms with Gasteiger partial charge in [0.15, 0.2) is 0 Å². The summed E-state index contributed by atoms with van der Waals surface area (Å²) in [6, 6.07) is 10.4. The van der Waals surface area contributed by atoms with Crippen molar-refractivity contribution in [2.75, 3.05) is 6.61 Å². The van der Waals surface area contributed by atoms with Gasteiger partial charge in [-0.2, -0.15) is 0 Å². The summed E-state index contributed by atoms with van der Waals surface area (Å²) in [7, 11) is 0. The lowest BCUT2D eigenvalue weighted by atomic mass is 10.1. The van der Waals surface area contributed by atoms with E-state index in [0.29, 0.717) is 0 Å². The Hall–Kier alpha value is -1.08. The van der Waals surface area contributed by atoms with Crippen molar-refractivity contribution in [1.82, 2.24) is 0 Å². The zero-order chi connectivity index (χ0) is 9.52. The molecule has 0 saturated carbocycles. The monoisotopic (exact) mass is 176 g/mol. The van der Waals surface area contributed by atoms with E-state index in [1.54, 1.807) is 0 Å². The van der Waals surface area contributed by atoms with E-state index < -0.39 is 0 Å². The predicted molar refractivity (Wildman–Crippen MR) is 55.6 cm³/mol. The lowest BCUT2D eigenvalue weighted by molar-refractivity contribution is 0.331. The summed E-state index contributed by atoms with van der Waals surface area (Å²) < 4.78 is 0. The van der Waals surface area contributed by atoms with Crippen molar-refractivity contribution in [3.63, 3.8) is 0 Å². The first-order chi connectivity index (χ1) is 6.33. The molecule has 0 aliphatic carbocycles. The van der Waals surface area contributed by atoms with Crippen molar-refractivity contribution in [2.24, 2.45) is 0 Å². The molecule has 0 aliphatic heterocycles. The Kier molecular flexibility index (Phi) is 4.27. The number of hydrogen-bond donors (Lipinski definition) is 1. The molecule has 0 radical (unpaired) electrons. The summed E-state index contributed by atoms with van der Waals surface area (Å²) in [6.45, 7) is 2.12. The lowest BCUT2D eigenvalue weighted by Crippen LogP contribution is -1.86. The van der Waals surface area contributed by atoms with Crippen molar-refractivity contribution >= 4 is 0 Å². The predicted octanol–water partition coefficient (Wildman–Crippen LogP) is 2.56. The number of hydrogen-bond acceptors (Lipinski definition) is 1. The second-order valence-electron chi connectivity index (χ2n) is 3.23. The molecule has 1 aromatic carbocycles. The maximum atomic E-state index is 8.76. The summed E-state index contributed by atoms with van der Waals surface area (Å²) in [4.78, 5) is 0. The van der Waals surface area contributed by atoms with E-state index >= 15 is 0 Å². The zero-order valence-electron chi connectivity index (χ0n) is 8.03. The molecule has 0 unspecified atom stereocenters. The fourth-order valence-corrected chi connectivity index (χ4v) is 1.19. The van der Waals surface area contributed by atoms with E-state index in [4.69, 9.17) is 5.11 Å². The molecule has 13 heavy (non-hydrogen) atoms. The summed E-state index contributed by atoms with van der Waals surface area (Å²) >= 11 is 0. The first-order valence-corrected chi connectivity index (χ1v) is 4.63. The highest BCUT2D eigenvalue weighted by atomic mass is 16.3. The minimum atomic E-state index is 0.175. The molecule has 1 N–H and O–H groups in total. The normalized spacial score (nSPS) is 11.7. The van der Waals surface area contributed by atoms with Crippen LogP contribution in [-0.2, 0) is 6.42 Å². The van der Waals surface area contributed by atoms with Crippen molar-refractivity contribution in [3.05, 3.63) is 47.5 Å². The molecule has 0 saturated heterocycles. The number of aliphatic hydroxyl groups is 1. The molecule has 70 valence electrons. The topological polar surface area (TPSA) is 20.2 Å². The first-order valence-electron chi connectivity index (χ1n) is 4.63. The summed E-state index contributed by atoms with van der Waals surface area (Å²) in [5.41, 5.74) is 2.40. The van der Waals surface area contributed by atoms with Crippen LogP contribution in [0.4, 0.5) is 0 Å². The molecule has 1 aromatic rings. The number of rotatable bonds is 4. The van der Waals surface area contributed by atoms with Crippen LogP contribution in [0.1, 0.15) is 18.9 Å². The van der Waals surface area contributed by atoms with E-state index in [0.717, 1.165) is 18.4 Å². The third-order valence-electron chi connectivity index (χ3n) is 2.02. The van der Waals surface area contributed by atoms with E-state index in [1.165, 1.54) is 5.56 Å². The van der Waals surface area contributed by atoms with Gasteiger partial charge in [-0.15, -0.1) is 0 Å². The molecule has 1 rings (SSSR count). The molecular formula is C12H16O. The Labute approximate surface area is 79.7 Å². The molecule has 0 amide bonds. The molecule has 0 spiro atoms. The van der Waals surface area contributed by atoms with Crippen LogP contribution < -0.4 is 0 Å². The maximum absolute atomic E-state index is 8.76. The van der Waals surface area contributed by atoms with Crippen LogP contribution >= 0.6 is 0 Å². The van der Waals surface area contributed by atoms with E-state index in [-0.39, 0.29) is 6.61 Å². The molecular weight excluding hydrogens is 160 g/mol. The van der Waals surface area contributed by atoms with Gasteiger partial charge in [-0.3, -0.25) is 0 Å². The molecule has 0 heterocycles. The minimum absolute atomic E-state index is 0.175. The van der Waals surface area contributed by atoms with Crippen molar-refractivity contribution in [2.45, 2.75) is 19.8 Å². The Bertz CT molecular complexity index is 262. The third kappa shape index (κ3) is 3.90. The molecule has 0 aromatic heterocycles. The van der Waals surface area contributed by atoms with Crippen LogP contribution in [0.3, 0.4) is 0 Å². The highest BCUT2D eigenvalue weighted by Crippen LogP contribution is 2.04. The third-order valence-corrected chi connectivity index (χ3v) is 2.02. The molecule has 0 bridgehead atoms. The smallest absolute Gasteiger partial charge is 0.0639 e. The van der Waals surface area contributed by atoms with Gasteiger partial charge in [-0.1, -0.05) is 42.0 Å². The molecule has 1 nitrogen and oxygen atoms in total. The Morgan fingerprint density at radius 1 is 1.31 bits per heavy atom. The van der Waals surface area contributed by atoms with Gasteiger partial charge in [0.1, 0.15) is 0 Å². The molecule has 0 atom stereocenters. The first kappa shape index (κ1) is 10.0. The van der Waals surface area contributed by atoms with E-state index in [1.807, 2.05) is 13.0 Å². The lowest BCUT2D eigenvalue weighted by Gasteiger charge is -1.98. The molecule has 0 fully saturated rings. The maximum Gasteiger partial charge on any atom is 0.0639 e.